The van der Waals surface area contributed by atoms with Gasteiger partial charge in [-0.15, -0.1) is 0 Å². The van der Waals surface area contributed by atoms with Gasteiger partial charge in [-0.1, -0.05) is 179 Å². The number of carbonyl (C=O) groups excluding carboxylic acids is 1. The minimum atomic E-state index is -3.91. The molecule has 8 nitrogen and oxygen atoms in total. The molecule has 344 valence electrons. The molecule has 1 amide bonds. The number of amides is 1. The van der Waals surface area contributed by atoms with Gasteiger partial charge < -0.3 is 13.6 Å². The molecule has 12 heteroatoms. The summed E-state index contributed by atoms with van der Waals surface area (Å²) < 4.78 is 50.3. The Labute approximate surface area is 391 Å². The van der Waals surface area contributed by atoms with Gasteiger partial charge >= 0.3 is 6.09 Å². The molecule has 1 atom stereocenters. The third kappa shape index (κ3) is 12.5. The van der Waals surface area contributed by atoms with Crippen LogP contribution in [0.4, 0.5) is 4.79 Å². The number of rotatable bonds is 19. The second-order valence-electron chi connectivity index (χ2n) is 20.2. The normalized spacial score (nSPS) is 13.5. The van der Waals surface area contributed by atoms with Gasteiger partial charge in [-0.2, -0.15) is 0 Å². The van der Waals surface area contributed by atoms with Crippen LogP contribution >= 0.6 is 0 Å². The van der Waals surface area contributed by atoms with Crippen LogP contribution in [0.25, 0.3) is 10.9 Å². The third-order valence-electron chi connectivity index (χ3n) is 11.5. The monoisotopic (exact) mass is 944 g/mol. The van der Waals surface area contributed by atoms with E-state index in [-0.39, 0.29) is 23.1 Å². The molecule has 1 aromatic heterocycles. The van der Waals surface area contributed by atoms with E-state index in [4.69, 9.17) is 13.6 Å². The fraction of sp³-hybridized carbons (Fsp3) is 0.340. The van der Waals surface area contributed by atoms with Crippen molar-refractivity contribution >= 4 is 62.1 Å². The largest absolute Gasteiger partial charge is 0.444 e. The number of nitrogens with zero attached hydrogens (tertiary/aromatic N) is 2. The number of aromatic nitrogens is 1. The molecule has 6 rings (SSSR count). The standard InChI is InChI=1S/C53H68N2O6SSi3/c1-42-30-32-46(33-31-42)62(57,58)55-39-45(49-28-20-21-29-50(49)55)34-36-54(52(56)59-40-43-22-14-11-15-23-43)51(61-64(8,9)10)38-44(41-63(5,6)7)35-37-60-65(53(2,3)4,47-24-16-12-17-25-47)48-26-18-13-19-27-48/h11-33,35,39,51H,34,36-38,40-41H2,1-10H3/b44-35+. The highest BCUT2D eigenvalue weighted by molar-refractivity contribution is 7.90. The number of hydrogen-bond donors (Lipinski definition) is 0. The van der Waals surface area contributed by atoms with Crippen LogP contribution in [0.3, 0.4) is 0 Å². The SMILES string of the molecule is Cc1ccc(S(=O)(=O)n2cc(CCN(C(=O)OCc3ccccc3)C(C/C(=C\CO[Si](c3ccccc3)(c3ccccc3)C(C)(C)C)C[Si](C)(C)C)O[Si](C)(C)C)c3ccccc32)cc1. The van der Waals surface area contributed by atoms with Gasteiger partial charge in [0.15, 0.2) is 8.32 Å². The van der Waals surface area contributed by atoms with Crippen LogP contribution in [-0.4, -0.2) is 67.5 Å². The number of aryl methyl sites for hydroxylation is 1. The second-order valence-corrected chi connectivity index (χ2v) is 36.3. The topological polar surface area (TPSA) is 87.1 Å². The summed E-state index contributed by atoms with van der Waals surface area (Å²) in [6.45, 7) is 23.1. The lowest BCUT2D eigenvalue weighted by Gasteiger charge is -2.43. The van der Waals surface area contributed by atoms with Crippen molar-refractivity contribution in [2.24, 2.45) is 0 Å². The summed E-state index contributed by atoms with van der Waals surface area (Å²) in [5.74, 6) is 0. The van der Waals surface area contributed by atoms with Gasteiger partial charge in [-0.3, -0.25) is 4.90 Å². The zero-order valence-corrected chi connectivity index (χ0v) is 43.8. The van der Waals surface area contributed by atoms with Crippen molar-refractivity contribution in [3.63, 3.8) is 0 Å². The molecule has 0 aliphatic rings. The Hall–Kier alpha value is -4.83. The van der Waals surface area contributed by atoms with Crippen LogP contribution in [-0.2, 0) is 36.6 Å². The maximum absolute atomic E-state index is 14.7. The van der Waals surface area contributed by atoms with Crippen LogP contribution in [0, 0.1) is 6.92 Å². The Morgan fingerprint density at radius 1 is 0.754 bits per heavy atom. The zero-order chi connectivity index (χ0) is 47.0. The van der Waals surface area contributed by atoms with Gasteiger partial charge in [0.05, 0.1) is 17.0 Å². The van der Waals surface area contributed by atoms with Gasteiger partial charge in [0.2, 0.25) is 0 Å². The smallest absolute Gasteiger partial charge is 0.412 e. The van der Waals surface area contributed by atoms with Crippen molar-refractivity contribution in [2.45, 2.75) is 109 Å². The van der Waals surface area contributed by atoms with E-state index in [2.05, 4.69) is 127 Å². The minimum absolute atomic E-state index is 0.105. The molecular weight excluding hydrogens is 877 g/mol. The maximum Gasteiger partial charge on any atom is 0.412 e. The van der Waals surface area contributed by atoms with E-state index in [0.29, 0.717) is 25.0 Å². The molecular formula is C53H68N2O6SSi3. The Kier molecular flexibility index (Phi) is 15.9. The molecule has 0 radical (unpaired) electrons. The highest BCUT2D eigenvalue weighted by Crippen LogP contribution is 2.37. The zero-order valence-electron chi connectivity index (χ0n) is 40.0. The number of para-hydroxylation sites is 1. The lowest BCUT2D eigenvalue weighted by Crippen LogP contribution is -2.66. The predicted octanol–water partition coefficient (Wildman–Crippen LogP) is 11.8. The van der Waals surface area contributed by atoms with Crippen molar-refractivity contribution in [3.05, 3.63) is 174 Å². The van der Waals surface area contributed by atoms with E-state index >= 15 is 0 Å². The number of benzene rings is 5. The van der Waals surface area contributed by atoms with E-state index in [0.717, 1.165) is 28.1 Å². The molecule has 0 bridgehead atoms. The first-order valence-electron chi connectivity index (χ1n) is 22.7. The highest BCUT2D eigenvalue weighted by Gasteiger charge is 2.50. The number of ether oxygens (including phenoxy) is 1. The van der Waals surface area contributed by atoms with Crippen molar-refractivity contribution in [2.75, 3.05) is 13.2 Å². The van der Waals surface area contributed by atoms with Gasteiger partial charge in [0.1, 0.15) is 12.8 Å². The predicted molar refractivity (Wildman–Crippen MR) is 275 cm³/mol. The number of fused-ring (bicyclic) bond motifs is 1. The lowest BCUT2D eigenvalue weighted by molar-refractivity contribution is 0.00869. The van der Waals surface area contributed by atoms with Crippen molar-refractivity contribution in [1.29, 1.82) is 0 Å². The van der Waals surface area contributed by atoms with E-state index in [1.807, 2.05) is 73.7 Å². The summed E-state index contributed by atoms with van der Waals surface area (Å²) in [4.78, 5) is 16.6. The first-order valence-corrected chi connectivity index (χ1v) is 33.1. The quantitative estimate of drug-likeness (QED) is 0.0457. The Bertz CT molecular complexity index is 2590. The molecule has 6 aromatic rings. The van der Waals surface area contributed by atoms with Crippen LogP contribution in [0.2, 0.25) is 50.4 Å². The van der Waals surface area contributed by atoms with Crippen LogP contribution in [0.15, 0.2) is 162 Å². The van der Waals surface area contributed by atoms with Gasteiger partial charge in [-0.05, 0) is 83.8 Å². The summed E-state index contributed by atoms with van der Waals surface area (Å²) in [6.07, 6.45) is 3.68. The first kappa shape index (κ1) is 49.6. The number of carbonyl (C=O) groups is 1. The molecule has 5 aromatic carbocycles. The van der Waals surface area contributed by atoms with Crippen molar-refractivity contribution < 1.29 is 26.8 Å². The average molecular weight is 945 g/mol. The molecule has 65 heavy (non-hydrogen) atoms. The molecule has 0 saturated heterocycles. The average Bonchev–Trinajstić information content (AvgIpc) is 3.63. The van der Waals surface area contributed by atoms with Gasteiger partial charge in [0.25, 0.3) is 18.3 Å². The summed E-state index contributed by atoms with van der Waals surface area (Å²) in [7, 11) is -10.8. The summed E-state index contributed by atoms with van der Waals surface area (Å²) >= 11 is 0. The van der Waals surface area contributed by atoms with Crippen LogP contribution < -0.4 is 10.4 Å². The Balaban J connectivity index is 1.39. The van der Waals surface area contributed by atoms with Crippen molar-refractivity contribution in [3.8, 4) is 0 Å². The maximum atomic E-state index is 14.7. The van der Waals surface area contributed by atoms with E-state index in [1.165, 1.54) is 19.9 Å². The first-order chi connectivity index (χ1) is 30.7. The second kappa shape index (κ2) is 20.8. The molecule has 0 N–H and O–H groups in total. The molecule has 1 unspecified atom stereocenters. The number of hydrogen-bond acceptors (Lipinski definition) is 6. The van der Waals surface area contributed by atoms with E-state index in [1.54, 1.807) is 23.2 Å². The van der Waals surface area contributed by atoms with Gasteiger partial charge in [0, 0.05) is 32.6 Å². The molecule has 1 heterocycles. The molecule has 0 spiro atoms. The highest BCUT2D eigenvalue weighted by atomic mass is 32.2. The Morgan fingerprint density at radius 2 is 1.31 bits per heavy atom. The van der Waals surface area contributed by atoms with E-state index in [9.17, 15) is 13.2 Å². The van der Waals surface area contributed by atoms with Crippen LogP contribution in [0.1, 0.15) is 43.9 Å². The summed E-state index contributed by atoms with van der Waals surface area (Å²) in [5.41, 5.74) is 4.43. The molecule has 0 saturated carbocycles. The fourth-order valence-electron chi connectivity index (χ4n) is 8.64. The van der Waals surface area contributed by atoms with Crippen LogP contribution in [0.5, 0.6) is 0 Å². The lowest BCUT2D eigenvalue weighted by atomic mass is 10.1. The van der Waals surface area contributed by atoms with E-state index < -0.39 is 47.1 Å². The fourth-order valence-corrected chi connectivity index (χ4v) is 17.2. The summed E-state index contributed by atoms with van der Waals surface area (Å²) in [5, 5.41) is 3.06. The third-order valence-corrected chi connectivity index (χ3v) is 20.7. The van der Waals surface area contributed by atoms with Crippen molar-refractivity contribution in [1.82, 2.24) is 8.87 Å². The summed E-state index contributed by atoms with van der Waals surface area (Å²) in [6, 6.07) is 46.4. The molecule has 0 aliphatic carbocycles. The van der Waals surface area contributed by atoms with Gasteiger partial charge in [-0.25, -0.2) is 17.2 Å². The molecule has 0 fully saturated rings. The minimum Gasteiger partial charge on any atom is -0.444 e. The Morgan fingerprint density at radius 3 is 1.86 bits per heavy atom. The molecule has 0 aliphatic heterocycles.